The normalized spacial score (nSPS) is 16.7. The Morgan fingerprint density at radius 3 is 2.48 bits per heavy atom. The summed E-state index contributed by atoms with van der Waals surface area (Å²) >= 11 is 0. The number of rotatable bonds is 5. The number of ether oxygens (including phenoxy) is 1. The highest BCUT2D eigenvalue weighted by Crippen LogP contribution is 2.30. The number of hydrogen-bond acceptors (Lipinski definition) is 4. The molecule has 1 aromatic heterocycles. The molecule has 2 N–H and O–H groups in total. The van der Waals surface area contributed by atoms with Crippen LogP contribution in [-0.4, -0.2) is 38.9 Å². The van der Waals surface area contributed by atoms with Crippen molar-refractivity contribution in [1.82, 2.24) is 15.1 Å². The van der Waals surface area contributed by atoms with Gasteiger partial charge in [0.05, 0.1) is 5.69 Å². The molecule has 0 atom stereocenters. The fourth-order valence-corrected chi connectivity index (χ4v) is 2.77. The molecule has 0 radical (unpaired) electrons. The van der Waals surface area contributed by atoms with Crippen LogP contribution in [0.5, 0.6) is 5.75 Å². The number of nitrogens with one attached hydrogen (secondary N) is 1. The Labute approximate surface area is 123 Å². The van der Waals surface area contributed by atoms with E-state index >= 15 is 0 Å². The van der Waals surface area contributed by atoms with Gasteiger partial charge >= 0.3 is 5.97 Å². The van der Waals surface area contributed by atoms with E-state index < -0.39 is 17.4 Å². The smallest absolute Gasteiger partial charge is 0.329 e. The Morgan fingerprint density at radius 2 is 2.00 bits per heavy atom. The first-order valence-corrected chi connectivity index (χ1v) is 7.03. The van der Waals surface area contributed by atoms with E-state index in [0.29, 0.717) is 24.3 Å². The molecule has 0 saturated heterocycles. The van der Waals surface area contributed by atoms with Gasteiger partial charge in [-0.1, -0.05) is 12.8 Å². The summed E-state index contributed by atoms with van der Waals surface area (Å²) in [4.78, 5) is 23.4. The van der Waals surface area contributed by atoms with Gasteiger partial charge in [0, 0.05) is 7.05 Å². The van der Waals surface area contributed by atoms with Gasteiger partial charge in [0.1, 0.15) is 11.2 Å². The van der Waals surface area contributed by atoms with Gasteiger partial charge in [-0.25, -0.2) is 4.79 Å². The van der Waals surface area contributed by atoms with Gasteiger partial charge in [-0.05, 0) is 26.7 Å². The molecule has 7 nitrogen and oxygen atoms in total. The lowest BCUT2D eigenvalue weighted by Gasteiger charge is -2.25. The SMILES string of the molecule is Cc1nn(C)c(C)c1OCC(=O)NC1(C(=O)O)CCCC1. The van der Waals surface area contributed by atoms with Gasteiger partial charge < -0.3 is 15.2 Å². The molecule has 2 rings (SSSR count). The van der Waals surface area contributed by atoms with E-state index in [1.54, 1.807) is 18.7 Å². The van der Waals surface area contributed by atoms with Crippen molar-refractivity contribution in [2.24, 2.45) is 7.05 Å². The lowest BCUT2D eigenvalue weighted by atomic mass is 9.98. The van der Waals surface area contributed by atoms with E-state index in [2.05, 4.69) is 10.4 Å². The van der Waals surface area contributed by atoms with Crippen molar-refractivity contribution >= 4 is 11.9 Å². The second-order valence-corrected chi connectivity index (χ2v) is 5.55. The number of aliphatic carboxylic acids is 1. The predicted molar refractivity (Wildman–Crippen MR) is 75.2 cm³/mol. The first-order valence-electron chi connectivity index (χ1n) is 7.03. The van der Waals surface area contributed by atoms with Crippen molar-refractivity contribution < 1.29 is 19.4 Å². The summed E-state index contributed by atoms with van der Waals surface area (Å²) in [6, 6.07) is 0. The van der Waals surface area contributed by atoms with Crippen LogP contribution < -0.4 is 10.1 Å². The Morgan fingerprint density at radius 1 is 1.38 bits per heavy atom. The van der Waals surface area contributed by atoms with Crippen LogP contribution in [0.15, 0.2) is 0 Å². The van der Waals surface area contributed by atoms with Crippen molar-refractivity contribution in [2.45, 2.75) is 45.1 Å². The standard InChI is InChI=1S/C14H21N3O4/c1-9-12(10(2)17(3)16-9)21-8-11(18)15-14(13(19)20)6-4-5-7-14/h4-8H2,1-3H3,(H,15,18)(H,19,20). The van der Waals surface area contributed by atoms with Crippen LogP contribution in [0.4, 0.5) is 0 Å². The van der Waals surface area contributed by atoms with Crippen molar-refractivity contribution in [3.8, 4) is 5.75 Å². The summed E-state index contributed by atoms with van der Waals surface area (Å²) in [6.07, 6.45) is 2.57. The maximum Gasteiger partial charge on any atom is 0.329 e. The largest absolute Gasteiger partial charge is 0.480 e. The second kappa shape index (κ2) is 5.75. The van der Waals surface area contributed by atoms with Crippen LogP contribution in [0.25, 0.3) is 0 Å². The summed E-state index contributed by atoms with van der Waals surface area (Å²) in [5.74, 6) is -0.813. The Balaban J connectivity index is 1.97. The van der Waals surface area contributed by atoms with Crippen LogP contribution in [-0.2, 0) is 16.6 Å². The van der Waals surface area contributed by atoms with Gasteiger partial charge in [0.25, 0.3) is 5.91 Å². The molecule has 1 saturated carbocycles. The van der Waals surface area contributed by atoms with Crippen molar-refractivity contribution in [1.29, 1.82) is 0 Å². The highest BCUT2D eigenvalue weighted by molar-refractivity contribution is 5.87. The Bertz CT molecular complexity index is 559. The number of aryl methyl sites for hydroxylation is 2. The van der Waals surface area contributed by atoms with Crippen LogP contribution in [0.1, 0.15) is 37.1 Å². The van der Waals surface area contributed by atoms with Crippen LogP contribution in [0, 0.1) is 13.8 Å². The third-order valence-corrected chi connectivity index (χ3v) is 4.04. The number of nitrogens with zero attached hydrogens (tertiary/aromatic N) is 2. The second-order valence-electron chi connectivity index (χ2n) is 5.55. The molecule has 1 aliphatic rings. The number of carbonyl (C=O) groups is 2. The van der Waals surface area contributed by atoms with Crippen LogP contribution in [0.2, 0.25) is 0 Å². The number of aromatic nitrogens is 2. The predicted octanol–water partition coefficient (Wildman–Crippen LogP) is 0.929. The molecule has 1 amide bonds. The zero-order valence-electron chi connectivity index (χ0n) is 12.6. The average molecular weight is 295 g/mol. The molecule has 0 unspecified atom stereocenters. The number of amides is 1. The molecule has 0 spiro atoms. The molecule has 1 aromatic rings. The van der Waals surface area contributed by atoms with Gasteiger partial charge in [0.15, 0.2) is 12.4 Å². The van der Waals surface area contributed by atoms with E-state index in [-0.39, 0.29) is 6.61 Å². The fourth-order valence-electron chi connectivity index (χ4n) is 2.77. The molecule has 1 heterocycles. The molecule has 116 valence electrons. The molecule has 0 aromatic carbocycles. The minimum Gasteiger partial charge on any atom is -0.480 e. The van der Waals surface area contributed by atoms with Gasteiger partial charge in [-0.2, -0.15) is 5.10 Å². The molecule has 21 heavy (non-hydrogen) atoms. The molecular weight excluding hydrogens is 274 g/mol. The highest BCUT2D eigenvalue weighted by Gasteiger charge is 2.42. The van der Waals surface area contributed by atoms with Gasteiger partial charge in [-0.15, -0.1) is 0 Å². The summed E-state index contributed by atoms with van der Waals surface area (Å²) in [5, 5.41) is 16.1. The molecule has 1 fully saturated rings. The van der Waals surface area contributed by atoms with Crippen molar-refractivity contribution in [3.05, 3.63) is 11.4 Å². The van der Waals surface area contributed by atoms with Crippen LogP contribution in [0.3, 0.4) is 0 Å². The highest BCUT2D eigenvalue weighted by atomic mass is 16.5. The number of carboxylic acids is 1. The number of carboxylic acid groups (broad SMARTS) is 1. The summed E-state index contributed by atoms with van der Waals surface area (Å²) in [6.45, 7) is 3.45. The molecule has 0 bridgehead atoms. The van der Waals surface area contributed by atoms with E-state index in [4.69, 9.17) is 4.74 Å². The monoisotopic (exact) mass is 295 g/mol. The van der Waals surface area contributed by atoms with E-state index in [1.807, 2.05) is 6.92 Å². The lowest BCUT2D eigenvalue weighted by Crippen LogP contribution is -2.53. The molecule has 1 aliphatic carbocycles. The van der Waals surface area contributed by atoms with E-state index in [9.17, 15) is 14.7 Å². The maximum absolute atomic E-state index is 12.0. The zero-order chi connectivity index (χ0) is 15.6. The lowest BCUT2D eigenvalue weighted by molar-refractivity contribution is -0.147. The Hall–Kier alpha value is -2.05. The van der Waals surface area contributed by atoms with Crippen molar-refractivity contribution in [2.75, 3.05) is 6.61 Å². The van der Waals surface area contributed by atoms with Gasteiger partial charge in [0.2, 0.25) is 0 Å². The minimum absolute atomic E-state index is 0.206. The first-order chi connectivity index (χ1) is 9.85. The third-order valence-electron chi connectivity index (χ3n) is 4.04. The zero-order valence-corrected chi connectivity index (χ0v) is 12.6. The van der Waals surface area contributed by atoms with E-state index in [0.717, 1.165) is 18.5 Å². The van der Waals surface area contributed by atoms with Gasteiger partial charge in [-0.3, -0.25) is 9.48 Å². The molecule has 7 heteroatoms. The first kappa shape index (κ1) is 15.3. The number of carbonyl (C=O) groups excluding carboxylic acids is 1. The minimum atomic E-state index is -1.13. The maximum atomic E-state index is 12.0. The van der Waals surface area contributed by atoms with Crippen LogP contribution >= 0.6 is 0 Å². The summed E-state index contributed by atoms with van der Waals surface area (Å²) < 4.78 is 7.18. The molecular formula is C14H21N3O4. The average Bonchev–Trinajstić information content (AvgIpc) is 2.96. The fraction of sp³-hybridized carbons (Fsp3) is 0.643. The third kappa shape index (κ3) is 3.01. The molecule has 0 aliphatic heterocycles. The summed E-state index contributed by atoms with van der Waals surface area (Å²) in [7, 11) is 1.80. The topological polar surface area (TPSA) is 93.5 Å². The van der Waals surface area contributed by atoms with E-state index in [1.165, 1.54) is 0 Å². The number of hydrogen-bond donors (Lipinski definition) is 2. The summed E-state index contributed by atoms with van der Waals surface area (Å²) in [5.41, 5.74) is 0.408. The Kier molecular flexibility index (Phi) is 4.20. The quantitative estimate of drug-likeness (QED) is 0.843. The van der Waals surface area contributed by atoms with Crippen molar-refractivity contribution in [3.63, 3.8) is 0 Å².